The van der Waals surface area contributed by atoms with Crippen molar-refractivity contribution in [3.8, 4) is 34.3 Å². The summed E-state index contributed by atoms with van der Waals surface area (Å²) in [6.07, 6.45) is -12.5. The second-order valence-electron chi connectivity index (χ2n) is 13.4. The van der Waals surface area contributed by atoms with Gasteiger partial charge in [-0.1, -0.05) is 12.2 Å². The van der Waals surface area contributed by atoms with E-state index in [9.17, 15) is 55.5 Å². The summed E-state index contributed by atoms with van der Waals surface area (Å²) in [5, 5.41) is 93.2. The smallest absolute Gasteiger partial charge is 0.333 e. The Kier molecular flexibility index (Phi) is 12.4. The molecule has 11 atom stereocenters. The van der Waals surface area contributed by atoms with Gasteiger partial charge in [0.1, 0.15) is 58.7 Å². The van der Waals surface area contributed by atoms with Crippen LogP contribution in [0.2, 0.25) is 0 Å². The molecule has 0 saturated carbocycles. The number of hydrogen-bond donors (Lipinski definition) is 9. The Labute approximate surface area is 308 Å². The molecule has 17 heteroatoms. The number of hydrogen-bond acceptors (Lipinski definition) is 17. The monoisotopic (exact) mass is 760 g/mol. The van der Waals surface area contributed by atoms with Gasteiger partial charge in [-0.2, -0.15) is 0 Å². The van der Waals surface area contributed by atoms with E-state index in [0.717, 1.165) is 6.07 Å². The molecule has 2 aliphatic heterocycles. The number of carbonyl (C=O) groups excluding carboxylic acids is 1. The zero-order valence-electron chi connectivity index (χ0n) is 29.5. The van der Waals surface area contributed by atoms with E-state index in [4.69, 9.17) is 28.1 Å². The maximum absolute atomic E-state index is 14.0. The number of carbonyl (C=O) groups is 1. The van der Waals surface area contributed by atoms with Crippen LogP contribution in [-0.2, 0) is 19.0 Å². The van der Waals surface area contributed by atoms with Crippen LogP contribution < -0.4 is 14.9 Å². The van der Waals surface area contributed by atoms with E-state index in [2.05, 4.69) is 6.58 Å². The Hall–Kier alpha value is -4.56. The van der Waals surface area contributed by atoms with Gasteiger partial charge in [-0.05, 0) is 57.9 Å². The van der Waals surface area contributed by atoms with E-state index in [1.54, 1.807) is 6.92 Å². The highest BCUT2D eigenvalue weighted by atomic mass is 16.7. The average molecular weight is 761 g/mol. The maximum Gasteiger partial charge on any atom is 0.333 e. The van der Waals surface area contributed by atoms with Gasteiger partial charge in [0.25, 0.3) is 0 Å². The van der Waals surface area contributed by atoms with E-state index in [1.807, 2.05) is 0 Å². The van der Waals surface area contributed by atoms with Crippen molar-refractivity contribution in [2.24, 2.45) is 0 Å². The number of esters is 1. The summed E-state index contributed by atoms with van der Waals surface area (Å²) in [4.78, 5) is 26.8. The van der Waals surface area contributed by atoms with Crippen LogP contribution in [0.15, 0.2) is 69.9 Å². The molecule has 54 heavy (non-hydrogen) atoms. The lowest BCUT2D eigenvalue weighted by molar-refractivity contribution is -0.277. The van der Waals surface area contributed by atoms with Crippen molar-refractivity contribution >= 4 is 16.9 Å². The minimum Gasteiger partial charge on any atom is -0.508 e. The molecule has 0 unspecified atom stereocenters. The molecular weight excluding hydrogens is 716 g/mol. The zero-order valence-corrected chi connectivity index (χ0v) is 29.5. The first-order chi connectivity index (χ1) is 25.5. The fourth-order valence-electron chi connectivity index (χ4n) is 5.87. The standard InChI is InChI=1S/C37H44O17/c1-5-37(4,48)12-6-7-16(2)34(47)53-32-25(41)17(3)49-36(30(32)46)50-20-13-21(40)24-22(14-20)51-31(18-8-10-19(39)11-9-18)33(27(24)43)54-35-29(45)28(44)26(42)23(15-38)52-35/h5,7-11,13-14,17,23,25-26,28-30,32,35-36,38-42,44-46,48H,1,6,12,15H2,2-4H3/b16-7-/t17-,23+,25-,26+,28-,29+,30+,32+,35-,36-,37-/m0/s1. The molecule has 1 aromatic heterocycles. The highest BCUT2D eigenvalue weighted by Gasteiger charge is 2.47. The number of allylic oxidation sites excluding steroid dienone is 1. The lowest BCUT2D eigenvalue weighted by Crippen LogP contribution is -2.60. The Morgan fingerprint density at radius 1 is 0.944 bits per heavy atom. The normalized spacial score (nSPS) is 30.0. The van der Waals surface area contributed by atoms with Crippen LogP contribution in [0.3, 0.4) is 0 Å². The van der Waals surface area contributed by atoms with Gasteiger partial charge in [0.05, 0.1) is 18.3 Å². The second kappa shape index (κ2) is 16.4. The van der Waals surface area contributed by atoms with Crippen LogP contribution in [0, 0.1) is 0 Å². The molecule has 9 N–H and O–H groups in total. The number of phenolic OH excluding ortho intramolecular Hbond substituents is 2. The molecular formula is C37H44O17. The van der Waals surface area contributed by atoms with Crippen LogP contribution in [0.1, 0.15) is 33.6 Å². The molecule has 0 amide bonds. The number of fused-ring (bicyclic) bond motifs is 1. The van der Waals surface area contributed by atoms with Crippen LogP contribution in [-0.4, -0.2) is 126 Å². The van der Waals surface area contributed by atoms with Crippen molar-refractivity contribution < 1.29 is 78.9 Å². The number of benzene rings is 2. The summed E-state index contributed by atoms with van der Waals surface area (Å²) in [6, 6.07) is 7.45. The van der Waals surface area contributed by atoms with Gasteiger partial charge in [-0.15, -0.1) is 6.58 Å². The third-order valence-electron chi connectivity index (χ3n) is 9.26. The van der Waals surface area contributed by atoms with Crippen molar-refractivity contribution in [2.45, 2.75) is 101 Å². The summed E-state index contributed by atoms with van der Waals surface area (Å²) in [5.74, 6) is -2.80. The summed E-state index contributed by atoms with van der Waals surface area (Å²) in [7, 11) is 0. The number of rotatable bonds is 12. The van der Waals surface area contributed by atoms with Crippen LogP contribution in [0.25, 0.3) is 22.3 Å². The summed E-state index contributed by atoms with van der Waals surface area (Å²) in [6.45, 7) is 7.27. The largest absolute Gasteiger partial charge is 0.508 e. The predicted molar refractivity (Wildman–Crippen MR) is 186 cm³/mol. The Morgan fingerprint density at radius 3 is 2.26 bits per heavy atom. The molecule has 0 bridgehead atoms. The SMILES string of the molecule is C=C[C@](C)(O)CC/C=C(/C)C(=O)O[C@@H]1[C@@H](O)[C@H](C)O[C@@H](Oc2cc(O)c3c(=O)c(O[C@@H]4O[C@H](CO)[C@@H](O)[C@H](O)[C@H]4O)c(-c4ccc(O)cc4)oc3c2)[C@@H]1O. The van der Waals surface area contributed by atoms with Gasteiger partial charge in [-0.25, -0.2) is 4.79 Å². The van der Waals surface area contributed by atoms with Crippen molar-refractivity contribution in [3.63, 3.8) is 0 Å². The minimum absolute atomic E-state index is 0.134. The molecule has 0 spiro atoms. The van der Waals surface area contributed by atoms with Gasteiger partial charge < -0.3 is 74.1 Å². The molecule has 3 heterocycles. The number of aliphatic hydroxyl groups is 7. The lowest BCUT2D eigenvalue weighted by Gasteiger charge is -2.40. The molecule has 294 valence electrons. The van der Waals surface area contributed by atoms with Crippen molar-refractivity contribution in [1.82, 2.24) is 0 Å². The van der Waals surface area contributed by atoms with Gasteiger partial charge in [0, 0.05) is 23.3 Å². The third kappa shape index (κ3) is 8.54. The molecule has 2 aromatic carbocycles. The van der Waals surface area contributed by atoms with Gasteiger partial charge >= 0.3 is 5.97 Å². The number of aromatic hydroxyl groups is 2. The van der Waals surface area contributed by atoms with Gasteiger partial charge in [-0.3, -0.25) is 4.79 Å². The summed E-state index contributed by atoms with van der Waals surface area (Å²) >= 11 is 0. The molecule has 17 nitrogen and oxygen atoms in total. The van der Waals surface area contributed by atoms with Gasteiger partial charge in [0.15, 0.2) is 18.0 Å². The first-order valence-electron chi connectivity index (χ1n) is 17.0. The minimum atomic E-state index is -1.90. The first kappa shape index (κ1) is 40.6. The van der Waals surface area contributed by atoms with E-state index in [1.165, 1.54) is 56.3 Å². The fourth-order valence-corrected chi connectivity index (χ4v) is 5.87. The van der Waals surface area contributed by atoms with Crippen molar-refractivity contribution in [1.29, 1.82) is 0 Å². The van der Waals surface area contributed by atoms with Crippen molar-refractivity contribution in [2.75, 3.05) is 6.61 Å². The number of phenols is 2. The maximum atomic E-state index is 14.0. The quantitative estimate of drug-likeness (QED) is 0.0689. The first-order valence-corrected chi connectivity index (χ1v) is 17.0. The average Bonchev–Trinajstić information content (AvgIpc) is 3.13. The zero-order chi connectivity index (χ0) is 39.6. The number of ether oxygens (including phenoxy) is 5. The van der Waals surface area contributed by atoms with E-state index in [0.29, 0.717) is 6.42 Å². The van der Waals surface area contributed by atoms with Crippen LogP contribution in [0.5, 0.6) is 23.0 Å². The summed E-state index contributed by atoms with van der Waals surface area (Å²) in [5.41, 5.74) is -2.11. The second-order valence-corrected chi connectivity index (χ2v) is 13.4. The Bertz CT molecular complexity index is 1900. The van der Waals surface area contributed by atoms with Gasteiger partial charge in [0.2, 0.25) is 23.8 Å². The molecule has 3 aromatic rings. The van der Waals surface area contributed by atoms with E-state index >= 15 is 0 Å². The highest BCUT2D eigenvalue weighted by molar-refractivity contribution is 5.89. The van der Waals surface area contributed by atoms with E-state index in [-0.39, 0.29) is 40.4 Å². The van der Waals surface area contributed by atoms with E-state index < -0.39 is 102 Å². The molecule has 0 radical (unpaired) electrons. The molecule has 2 saturated heterocycles. The highest BCUT2D eigenvalue weighted by Crippen LogP contribution is 2.38. The molecule has 2 fully saturated rings. The van der Waals surface area contributed by atoms with Crippen molar-refractivity contribution in [3.05, 3.63) is 70.9 Å². The topological polar surface area (TPSA) is 275 Å². The Balaban J connectivity index is 1.45. The molecule has 2 aliphatic rings. The third-order valence-corrected chi connectivity index (χ3v) is 9.26. The van der Waals surface area contributed by atoms with Crippen LogP contribution >= 0.6 is 0 Å². The predicted octanol–water partition coefficient (Wildman–Crippen LogP) is 0.471. The summed E-state index contributed by atoms with van der Waals surface area (Å²) < 4.78 is 34.1. The number of aliphatic hydroxyl groups excluding tert-OH is 6. The lowest BCUT2D eigenvalue weighted by atomic mass is 9.99. The Morgan fingerprint density at radius 2 is 1.61 bits per heavy atom. The molecule has 0 aliphatic carbocycles. The van der Waals surface area contributed by atoms with Crippen LogP contribution in [0.4, 0.5) is 0 Å². The molecule has 5 rings (SSSR count). The fraction of sp³-hybridized carbons (Fsp3) is 0.459.